The van der Waals surface area contributed by atoms with E-state index in [1.807, 2.05) is 4.57 Å². The molecule has 0 atom stereocenters. The number of imidazole rings is 1. The van der Waals surface area contributed by atoms with Crippen LogP contribution in [0.1, 0.15) is 41.5 Å². The maximum Gasteiger partial charge on any atom is 0.414 e. The number of alkyl carbamates (subject to hydrolysis) is 2. The zero-order chi connectivity index (χ0) is 19.1. The quantitative estimate of drug-likeness (QED) is 0.640. The van der Waals surface area contributed by atoms with Gasteiger partial charge in [-0.3, -0.25) is 15.6 Å². The molecule has 0 fully saturated rings. The standard InChI is InChI=1S/C16H27N5O4/c1-15(2,3)24-13(22)19-12(20-14(23)25-16(4,5)6)18-8-10-21-9-7-17-11-21/h7,9,11H,8,10H2,1-6H3,(H2,18,19,20,22,23). The topological polar surface area (TPSA) is 107 Å². The van der Waals surface area contributed by atoms with Crippen LogP contribution in [0.3, 0.4) is 0 Å². The second-order valence-corrected chi connectivity index (χ2v) is 7.28. The molecule has 0 aromatic carbocycles. The normalized spacial score (nSPS) is 11.4. The third-order valence-corrected chi connectivity index (χ3v) is 2.43. The first kappa shape index (κ1) is 20.5. The maximum atomic E-state index is 11.9. The summed E-state index contributed by atoms with van der Waals surface area (Å²) < 4.78 is 12.2. The molecule has 1 heterocycles. The van der Waals surface area contributed by atoms with Gasteiger partial charge in [0.2, 0.25) is 5.96 Å². The molecule has 0 bridgehead atoms. The first-order valence-electron chi connectivity index (χ1n) is 7.95. The van der Waals surface area contributed by atoms with Crippen LogP contribution in [-0.4, -0.2) is 45.4 Å². The van der Waals surface area contributed by atoms with E-state index in [2.05, 4.69) is 20.6 Å². The molecule has 9 heteroatoms. The van der Waals surface area contributed by atoms with E-state index in [1.54, 1.807) is 60.3 Å². The molecule has 0 saturated heterocycles. The number of aliphatic imine (C=N–C) groups is 1. The second-order valence-electron chi connectivity index (χ2n) is 7.28. The Hall–Kier alpha value is -2.58. The highest BCUT2D eigenvalue weighted by molar-refractivity contribution is 6.01. The van der Waals surface area contributed by atoms with E-state index in [0.29, 0.717) is 13.1 Å². The molecule has 0 aliphatic carbocycles. The number of nitrogens with one attached hydrogen (secondary N) is 2. The molecule has 0 spiro atoms. The average molecular weight is 353 g/mol. The highest BCUT2D eigenvalue weighted by Gasteiger charge is 2.21. The minimum Gasteiger partial charge on any atom is -0.444 e. The van der Waals surface area contributed by atoms with Crippen LogP contribution in [0.5, 0.6) is 0 Å². The molecule has 25 heavy (non-hydrogen) atoms. The van der Waals surface area contributed by atoms with Crippen LogP contribution in [0.4, 0.5) is 9.59 Å². The fraction of sp³-hybridized carbons (Fsp3) is 0.625. The largest absolute Gasteiger partial charge is 0.444 e. The van der Waals surface area contributed by atoms with Crippen LogP contribution in [0.2, 0.25) is 0 Å². The Morgan fingerprint density at radius 1 is 1.04 bits per heavy atom. The average Bonchev–Trinajstić information content (AvgIpc) is 2.86. The van der Waals surface area contributed by atoms with Gasteiger partial charge in [0.15, 0.2) is 0 Å². The Bertz CT molecular complexity index is 565. The van der Waals surface area contributed by atoms with Gasteiger partial charge in [0.25, 0.3) is 0 Å². The third kappa shape index (κ3) is 10.0. The zero-order valence-corrected chi connectivity index (χ0v) is 15.6. The molecule has 1 rings (SSSR count). The van der Waals surface area contributed by atoms with Crippen LogP contribution in [-0.2, 0) is 16.0 Å². The molecule has 9 nitrogen and oxygen atoms in total. The highest BCUT2D eigenvalue weighted by Crippen LogP contribution is 2.07. The van der Waals surface area contributed by atoms with E-state index in [1.165, 1.54) is 0 Å². The summed E-state index contributed by atoms with van der Waals surface area (Å²) >= 11 is 0. The Morgan fingerprint density at radius 3 is 1.96 bits per heavy atom. The van der Waals surface area contributed by atoms with Crippen molar-refractivity contribution in [2.24, 2.45) is 4.99 Å². The maximum absolute atomic E-state index is 11.9. The Labute approximate surface area is 147 Å². The van der Waals surface area contributed by atoms with Crippen molar-refractivity contribution in [2.75, 3.05) is 6.54 Å². The molecule has 0 aliphatic rings. The number of hydrogen-bond acceptors (Lipinski definition) is 6. The predicted octanol–water partition coefficient (Wildman–Crippen LogP) is 2.29. The summed E-state index contributed by atoms with van der Waals surface area (Å²) in [7, 11) is 0. The van der Waals surface area contributed by atoms with Gasteiger partial charge < -0.3 is 14.0 Å². The molecule has 1 aromatic heterocycles. The fourth-order valence-corrected chi connectivity index (χ4v) is 1.61. The van der Waals surface area contributed by atoms with Crippen LogP contribution in [0.15, 0.2) is 23.7 Å². The molecule has 0 aliphatic heterocycles. The number of carbonyl (C=O) groups is 2. The minimum absolute atomic E-state index is 0.0383. The van der Waals surface area contributed by atoms with Crippen LogP contribution >= 0.6 is 0 Å². The van der Waals surface area contributed by atoms with Gasteiger partial charge in [-0.05, 0) is 41.5 Å². The van der Waals surface area contributed by atoms with Gasteiger partial charge in [-0.25, -0.2) is 14.6 Å². The molecule has 1 aromatic rings. The third-order valence-electron chi connectivity index (χ3n) is 2.43. The first-order valence-corrected chi connectivity index (χ1v) is 7.95. The summed E-state index contributed by atoms with van der Waals surface area (Å²) in [6, 6.07) is 0. The SMILES string of the molecule is CC(C)(C)OC(=O)NC(=NCCn1ccnc1)NC(=O)OC(C)(C)C. The summed E-state index contributed by atoms with van der Waals surface area (Å²) in [4.78, 5) is 31.9. The number of amides is 2. The van der Waals surface area contributed by atoms with Gasteiger partial charge in [0, 0.05) is 18.9 Å². The molecule has 0 unspecified atom stereocenters. The summed E-state index contributed by atoms with van der Waals surface area (Å²) in [5, 5.41) is 4.84. The predicted molar refractivity (Wildman–Crippen MR) is 93.3 cm³/mol. The summed E-state index contributed by atoms with van der Waals surface area (Å²) in [5.74, 6) is -0.0383. The number of guanidine groups is 1. The van der Waals surface area contributed by atoms with E-state index in [9.17, 15) is 9.59 Å². The molecular weight excluding hydrogens is 326 g/mol. The van der Waals surface area contributed by atoms with Crippen molar-refractivity contribution in [1.29, 1.82) is 0 Å². The lowest BCUT2D eigenvalue weighted by atomic mass is 10.2. The van der Waals surface area contributed by atoms with Crippen molar-refractivity contribution in [2.45, 2.75) is 59.3 Å². The monoisotopic (exact) mass is 353 g/mol. The van der Waals surface area contributed by atoms with E-state index in [-0.39, 0.29) is 5.96 Å². The first-order chi connectivity index (χ1) is 11.4. The van der Waals surface area contributed by atoms with Crippen molar-refractivity contribution >= 4 is 18.1 Å². The van der Waals surface area contributed by atoms with Crippen LogP contribution in [0.25, 0.3) is 0 Å². The molecule has 140 valence electrons. The summed E-state index contributed by atoms with van der Waals surface area (Å²) in [6.45, 7) is 11.3. The van der Waals surface area contributed by atoms with E-state index in [4.69, 9.17) is 9.47 Å². The van der Waals surface area contributed by atoms with Gasteiger partial charge in [0.05, 0.1) is 12.9 Å². The number of rotatable bonds is 3. The van der Waals surface area contributed by atoms with Gasteiger partial charge in [0.1, 0.15) is 11.2 Å². The van der Waals surface area contributed by atoms with Crippen molar-refractivity contribution < 1.29 is 19.1 Å². The Kier molecular flexibility index (Phi) is 6.96. The number of hydrogen-bond donors (Lipinski definition) is 2. The molecule has 2 amide bonds. The number of aromatic nitrogens is 2. The van der Waals surface area contributed by atoms with Gasteiger partial charge in [-0.2, -0.15) is 0 Å². The number of ether oxygens (including phenoxy) is 2. The lowest BCUT2D eigenvalue weighted by Gasteiger charge is -2.22. The minimum atomic E-state index is -0.718. The number of carbonyl (C=O) groups excluding carboxylic acids is 2. The van der Waals surface area contributed by atoms with Crippen LogP contribution < -0.4 is 10.6 Å². The Balaban J connectivity index is 2.71. The number of nitrogens with zero attached hydrogens (tertiary/aromatic N) is 3. The van der Waals surface area contributed by atoms with E-state index in [0.717, 1.165) is 0 Å². The summed E-state index contributed by atoms with van der Waals surface area (Å²) in [6.07, 6.45) is 3.66. The molecule has 2 N–H and O–H groups in total. The van der Waals surface area contributed by atoms with E-state index < -0.39 is 23.4 Å². The van der Waals surface area contributed by atoms with Crippen molar-refractivity contribution in [3.8, 4) is 0 Å². The smallest absolute Gasteiger partial charge is 0.414 e. The summed E-state index contributed by atoms with van der Waals surface area (Å²) in [5.41, 5.74) is -1.34. The van der Waals surface area contributed by atoms with Crippen molar-refractivity contribution in [1.82, 2.24) is 20.2 Å². The van der Waals surface area contributed by atoms with Crippen molar-refractivity contribution in [3.63, 3.8) is 0 Å². The lowest BCUT2D eigenvalue weighted by Crippen LogP contribution is -2.47. The second kappa shape index (κ2) is 8.50. The highest BCUT2D eigenvalue weighted by atomic mass is 16.6. The fourth-order valence-electron chi connectivity index (χ4n) is 1.61. The van der Waals surface area contributed by atoms with Gasteiger partial charge >= 0.3 is 12.2 Å². The molecular formula is C16H27N5O4. The zero-order valence-electron chi connectivity index (χ0n) is 15.6. The van der Waals surface area contributed by atoms with Crippen LogP contribution in [0, 0.1) is 0 Å². The lowest BCUT2D eigenvalue weighted by molar-refractivity contribution is 0.0545. The molecule has 0 saturated carbocycles. The Morgan fingerprint density at radius 2 is 1.56 bits per heavy atom. The van der Waals surface area contributed by atoms with Gasteiger partial charge in [-0.15, -0.1) is 0 Å². The molecule has 0 radical (unpaired) electrons. The van der Waals surface area contributed by atoms with Crippen molar-refractivity contribution in [3.05, 3.63) is 18.7 Å². The van der Waals surface area contributed by atoms with Gasteiger partial charge in [-0.1, -0.05) is 0 Å². The van der Waals surface area contributed by atoms with E-state index >= 15 is 0 Å².